The number of fused-ring (bicyclic) bond motifs is 1. The summed E-state index contributed by atoms with van der Waals surface area (Å²) in [5, 5.41) is 5.49. The Labute approximate surface area is 155 Å². The molecule has 134 valence electrons. The fourth-order valence-corrected chi connectivity index (χ4v) is 3.77. The molecular formula is C23H26N2O. The predicted molar refractivity (Wildman–Crippen MR) is 107 cm³/mol. The molecule has 1 saturated heterocycles. The third kappa shape index (κ3) is 3.98. The Kier molecular flexibility index (Phi) is 5.05. The Hall–Kier alpha value is -2.55. The van der Waals surface area contributed by atoms with Crippen molar-refractivity contribution in [3.05, 3.63) is 71.6 Å². The Morgan fingerprint density at radius 1 is 1.12 bits per heavy atom. The molecule has 1 aliphatic rings. The molecule has 4 rings (SSSR count). The normalized spacial score (nSPS) is 16.0. The van der Waals surface area contributed by atoms with Crippen LogP contribution in [0.1, 0.15) is 36.1 Å². The van der Waals surface area contributed by atoms with E-state index in [4.69, 9.17) is 4.52 Å². The number of benzene rings is 2. The summed E-state index contributed by atoms with van der Waals surface area (Å²) >= 11 is 0. The van der Waals surface area contributed by atoms with Gasteiger partial charge in [0.2, 0.25) is 0 Å². The molecule has 0 N–H and O–H groups in total. The molecule has 1 aliphatic heterocycles. The van der Waals surface area contributed by atoms with Crippen molar-refractivity contribution in [3.63, 3.8) is 0 Å². The van der Waals surface area contributed by atoms with Crippen LogP contribution in [0.3, 0.4) is 0 Å². The average Bonchev–Trinajstić information content (AvgIpc) is 3.08. The van der Waals surface area contributed by atoms with Gasteiger partial charge >= 0.3 is 0 Å². The first-order valence-corrected chi connectivity index (χ1v) is 9.60. The van der Waals surface area contributed by atoms with Crippen LogP contribution in [-0.2, 0) is 6.42 Å². The average molecular weight is 346 g/mol. The Morgan fingerprint density at radius 3 is 2.73 bits per heavy atom. The lowest BCUT2D eigenvalue weighted by atomic mass is 9.91. The van der Waals surface area contributed by atoms with Gasteiger partial charge in [-0.1, -0.05) is 47.1 Å². The topological polar surface area (TPSA) is 29.3 Å². The summed E-state index contributed by atoms with van der Waals surface area (Å²) in [6, 6.07) is 16.8. The minimum atomic E-state index is 0.785. The lowest BCUT2D eigenvalue weighted by Gasteiger charge is -2.31. The van der Waals surface area contributed by atoms with Gasteiger partial charge in [-0.05, 0) is 68.5 Å². The second kappa shape index (κ2) is 7.77. The summed E-state index contributed by atoms with van der Waals surface area (Å²) < 4.78 is 5.47. The van der Waals surface area contributed by atoms with Crippen LogP contribution in [0.15, 0.2) is 59.3 Å². The molecular weight excluding hydrogens is 320 g/mol. The van der Waals surface area contributed by atoms with E-state index in [1.165, 1.54) is 35.8 Å². The molecule has 0 spiro atoms. The molecule has 2 heterocycles. The van der Waals surface area contributed by atoms with Crippen LogP contribution in [0.2, 0.25) is 0 Å². The van der Waals surface area contributed by atoms with Crippen LogP contribution in [0.4, 0.5) is 0 Å². The molecule has 3 nitrogen and oxygen atoms in total. The molecule has 0 atom stereocenters. The molecule has 0 bridgehead atoms. The highest BCUT2D eigenvalue weighted by Crippen LogP contribution is 2.26. The SMILES string of the molecule is Cc1ccc2onc(CCC3CCN(/C=C/c4ccccc4)CC3)c2c1. The highest BCUT2D eigenvalue weighted by atomic mass is 16.5. The molecule has 0 amide bonds. The first-order valence-electron chi connectivity index (χ1n) is 9.60. The summed E-state index contributed by atoms with van der Waals surface area (Å²) in [7, 11) is 0. The van der Waals surface area contributed by atoms with E-state index in [0.29, 0.717) is 0 Å². The standard InChI is InChI=1S/C23H26N2O/c1-18-7-10-23-21(17-18)22(24-26-23)9-8-20-12-15-25(16-13-20)14-11-19-5-3-2-4-6-19/h2-7,10-11,14,17,20H,8-9,12-13,15-16H2,1H3/b14-11+. The van der Waals surface area contributed by atoms with Crippen LogP contribution < -0.4 is 0 Å². The molecule has 3 aromatic rings. The second-order valence-electron chi connectivity index (χ2n) is 7.37. The number of rotatable bonds is 5. The van der Waals surface area contributed by atoms with Crippen molar-refractivity contribution in [2.75, 3.05) is 13.1 Å². The summed E-state index contributed by atoms with van der Waals surface area (Å²) in [6.07, 6.45) is 9.19. The van der Waals surface area contributed by atoms with Gasteiger partial charge in [0.25, 0.3) is 0 Å². The predicted octanol–water partition coefficient (Wildman–Crippen LogP) is 5.45. The van der Waals surface area contributed by atoms with E-state index in [1.807, 2.05) is 6.07 Å². The number of nitrogens with zero attached hydrogens (tertiary/aromatic N) is 2. The van der Waals surface area contributed by atoms with Gasteiger partial charge in [0.1, 0.15) is 0 Å². The van der Waals surface area contributed by atoms with E-state index in [9.17, 15) is 0 Å². The highest BCUT2D eigenvalue weighted by Gasteiger charge is 2.18. The van der Waals surface area contributed by atoms with Crippen LogP contribution in [0, 0.1) is 12.8 Å². The van der Waals surface area contributed by atoms with E-state index in [0.717, 1.165) is 36.7 Å². The van der Waals surface area contributed by atoms with Crippen LogP contribution in [0.5, 0.6) is 0 Å². The Balaban J connectivity index is 1.28. The maximum atomic E-state index is 5.47. The maximum Gasteiger partial charge on any atom is 0.167 e. The summed E-state index contributed by atoms with van der Waals surface area (Å²) in [5.41, 5.74) is 4.56. The molecule has 0 radical (unpaired) electrons. The van der Waals surface area contributed by atoms with Gasteiger partial charge in [-0.25, -0.2) is 0 Å². The zero-order valence-corrected chi connectivity index (χ0v) is 15.4. The Bertz CT molecular complexity index is 874. The molecule has 2 aromatic carbocycles. The molecule has 26 heavy (non-hydrogen) atoms. The molecule has 0 aliphatic carbocycles. The number of aromatic nitrogens is 1. The van der Waals surface area contributed by atoms with E-state index >= 15 is 0 Å². The first kappa shape index (κ1) is 16.9. The number of aryl methyl sites for hydroxylation is 2. The van der Waals surface area contributed by atoms with Crippen LogP contribution in [0.25, 0.3) is 17.0 Å². The summed E-state index contributed by atoms with van der Waals surface area (Å²) in [4.78, 5) is 2.44. The third-order valence-electron chi connectivity index (χ3n) is 5.42. The van der Waals surface area contributed by atoms with Gasteiger partial charge in [-0.2, -0.15) is 0 Å². The van der Waals surface area contributed by atoms with Gasteiger partial charge in [-0.3, -0.25) is 0 Å². The summed E-state index contributed by atoms with van der Waals surface area (Å²) in [6.45, 7) is 4.41. The number of piperidine rings is 1. The summed E-state index contributed by atoms with van der Waals surface area (Å²) in [5.74, 6) is 0.785. The van der Waals surface area contributed by atoms with Crippen LogP contribution in [-0.4, -0.2) is 23.1 Å². The quantitative estimate of drug-likeness (QED) is 0.615. The Morgan fingerprint density at radius 2 is 1.92 bits per heavy atom. The maximum absolute atomic E-state index is 5.47. The number of likely N-dealkylation sites (tertiary alicyclic amines) is 1. The molecule has 0 saturated carbocycles. The molecule has 1 fully saturated rings. The van der Waals surface area contributed by atoms with Crippen molar-refractivity contribution < 1.29 is 4.52 Å². The number of hydrogen-bond acceptors (Lipinski definition) is 3. The number of hydrogen-bond donors (Lipinski definition) is 0. The van der Waals surface area contributed by atoms with Crippen LogP contribution >= 0.6 is 0 Å². The van der Waals surface area contributed by atoms with E-state index < -0.39 is 0 Å². The molecule has 0 unspecified atom stereocenters. The van der Waals surface area contributed by atoms with Crippen molar-refractivity contribution in [3.8, 4) is 0 Å². The zero-order chi connectivity index (χ0) is 17.8. The largest absolute Gasteiger partial charge is 0.377 e. The van der Waals surface area contributed by atoms with Gasteiger partial charge in [0, 0.05) is 18.5 Å². The van der Waals surface area contributed by atoms with Gasteiger partial charge in [0.15, 0.2) is 5.58 Å². The molecule has 3 heteroatoms. The van der Waals surface area contributed by atoms with Gasteiger partial charge in [-0.15, -0.1) is 0 Å². The lowest BCUT2D eigenvalue weighted by Crippen LogP contribution is -2.29. The lowest BCUT2D eigenvalue weighted by molar-refractivity contribution is 0.235. The van der Waals surface area contributed by atoms with Crippen molar-refractivity contribution in [2.24, 2.45) is 5.92 Å². The molecule has 1 aromatic heterocycles. The minimum Gasteiger partial charge on any atom is -0.377 e. The monoisotopic (exact) mass is 346 g/mol. The third-order valence-corrected chi connectivity index (χ3v) is 5.42. The zero-order valence-electron chi connectivity index (χ0n) is 15.4. The van der Waals surface area contributed by atoms with E-state index in [-0.39, 0.29) is 0 Å². The fourth-order valence-electron chi connectivity index (χ4n) is 3.77. The van der Waals surface area contributed by atoms with E-state index in [2.05, 4.69) is 71.7 Å². The van der Waals surface area contributed by atoms with Crippen molar-refractivity contribution in [2.45, 2.75) is 32.6 Å². The second-order valence-corrected chi connectivity index (χ2v) is 7.37. The van der Waals surface area contributed by atoms with E-state index in [1.54, 1.807) is 0 Å². The highest BCUT2D eigenvalue weighted by molar-refractivity contribution is 5.80. The van der Waals surface area contributed by atoms with Crippen molar-refractivity contribution in [1.29, 1.82) is 0 Å². The first-order chi connectivity index (χ1) is 12.8. The van der Waals surface area contributed by atoms with Crippen molar-refractivity contribution in [1.82, 2.24) is 10.1 Å². The smallest absolute Gasteiger partial charge is 0.167 e. The van der Waals surface area contributed by atoms with Crippen molar-refractivity contribution >= 4 is 17.0 Å². The van der Waals surface area contributed by atoms with Gasteiger partial charge in [0.05, 0.1) is 5.69 Å². The minimum absolute atomic E-state index is 0.785. The fraction of sp³-hybridized carbons (Fsp3) is 0.348. The van der Waals surface area contributed by atoms with Gasteiger partial charge < -0.3 is 9.42 Å².